The molecule has 1 amide bonds. The summed E-state index contributed by atoms with van der Waals surface area (Å²) in [5.41, 5.74) is 1.51. The van der Waals surface area contributed by atoms with Crippen LogP contribution in [-0.4, -0.2) is 17.4 Å². The van der Waals surface area contributed by atoms with Gasteiger partial charge in [0.05, 0.1) is 0 Å². The summed E-state index contributed by atoms with van der Waals surface area (Å²) in [6.45, 7) is 2.02. The minimum absolute atomic E-state index is 0.0833. The molecule has 0 rings (SSSR count). The second-order valence-corrected chi connectivity index (χ2v) is 2.78. The Morgan fingerprint density at radius 2 is 2.33 bits per heavy atom. The predicted octanol–water partition coefficient (Wildman–Crippen LogP) is 0.887. The molecule has 0 aromatic heterocycles. The first-order valence-electron chi connectivity index (χ1n) is 4.12. The van der Waals surface area contributed by atoms with Crippen LogP contribution in [0.5, 0.6) is 0 Å². The van der Waals surface area contributed by atoms with E-state index in [9.17, 15) is 9.59 Å². The van der Waals surface area contributed by atoms with E-state index in [0.29, 0.717) is 6.42 Å². The van der Waals surface area contributed by atoms with E-state index in [1.165, 1.54) is 5.48 Å². The van der Waals surface area contributed by atoms with Gasteiger partial charge in [-0.3, -0.25) is 10.0 Å². The van der Waals surface area contributed by atoms with Gasteiger partial charge in [-0.05, 0) is 6.42 Å². The van der Waals surface area contributed by atoms with E-state index < -0.39 is 5.91 Å². The van der Waals surface area contributed by atoms with Crippen molar-refractivity contribution < 1.29 is 14.8 Å². The SMILES string of the molecule is CCCCC(C=O)CC(=O)NO. The molecule has 0 heterocycles. The summed E-state index contributed by atoms with van der Waals surface area (Å²) in [4.78, 5) is 21.0. The molecule has 0 fully saturated rings. The number of unbranched alkanes of at least 4 members (excludes halogenated alkanes) is 1. The maximum absolute atomic E-state index is 10.6. The van der Waals surface area contributed by atoms with Crippen LogP contribution < -0.4 is 5.48 Å². The Morgan fingerprint density at radius 3 is 2.75 bits per heavy atom. The standard InChI is InChI=1S/C8H15NO3/c1-2-3-4-7(6-10)5-8(11)9-12/h6-7,12H,2-5H2,1H3,(H,9,11). The molecule has 1 unspecified atom stereocenters. The fourth-order valence-electron chi connectivity index (χ4n) is 0.968. The number of nitrogens with one attached hydrogen (secondary N) is 1. The summed E-state index contributed by atoms with van der Waals surface area (Å²) in [5.74, 6) is -0.750. The van der Waals surface area contributed by atoms with Gasteiger partial charge in [0.25, 0.3) is 0 Å². The molecule has 0 aliphatic carbocycles. The second kappa shape index (κ2) is 6.79. The Kier molecular flexibility index (Phi) is 6.28. The van der Waals surface area contributed by atoms with Crippen LogP contribution >= 0.6 is 0 Å². The van der Waals surface area contributed by atoms with E-state index in [2.05, 4.69) is 0 Å². The lowest BCUT2D eigenvalue weighted by atomic mass is 10.00. The molecule has 0 saturated heterocycles. The first kappa shape index (κ1) is 11.1. The monoisotopic (exact) mass is 173 g/mol. The lowest BCUT2D eigenvalue weighted by Crippen LogP contribution is -2.22. The van der Waals surface area contributed by atoms with Crippen molar-refractivity contribution >= 4 is 12.2 Å². The number of carbonyl (C=O) groups excluding carboxylic acids is 2. The van der Waals surface area contributed by atoms with Gasteiger partial charge in [0, 0.05) is 12.3 Å². The maximum atomic E-state index is 10.6. The number of aldehydes is 1. The number of hydrogen-bond acceptors (Lipinski definition) is 3. The van der Waals surface area contributed by atoms with Crippen LogP contribution in [-0.2, 0) is 9.59 Å². The Bertz CT molecular complexity index is 147. The molecule has 12 heavy (non-hydrogen) atoms. The van der Waals surface area contributed by atoms with Crippen molar-refractivity contribution in [3.05, 3.63) is 0 Å². The van der Waals surface area contributed by atoms with E-state index in [-0.39, 0.29) is 12.3 Å². The largest absolute Gasteiger partial charge is 0.303 e. The van der Waals surface area contributed by atoms with Gasteiger partial charge in [0.1, 0.15) is 6.29 Å². The highest BCUT2D eigenvalue weighted by molar-refractivity contribution is 5.77. The Balaban J connectivity index is 3.66. The average Bonchev–Trinajstić information content (AvgIpc) is 2.11. The molecular formula is C8H15NO3. The summed E-state index contributed by atoms with van der Waals surface area (Å²) in [7, 11) is 0. The van der Waals surface area contributed by atoms with E-state index in [0.717, 1.165) is 19.1 Å². The van der Waals surface area contributed by atoms with Crippen molar-refractivity contribution in [3.63, 3.8) is 0 Å². The minimum Gasteiger partial charge on any atom is -0.303 e. The highest BCUT2D eigenvalue weighted by Gasteiger charge is 2.11. The molecule has 4 nitrogen and oxygen atoms in total. The van der Waals surface area contributed by atoms with Gasteiger partial charge in [-0.2, -0.15) is 0 Å². The molecular weight excluding hydrogens is 158 g/mol. The normalized spacial score (nSPS) is 12.2. The smallest absolute Gasteiger partial charge is 0.244 e. The molecule has 0 aromatic carbocycles. The number of amides is 1. The quantitative estimate of drug-likeness (QED) is 0.356. The number of hydroxylamine groups is 1. The van der Waals surface area contributed by atoms with E-state index in [1.54, 1.807) is 0 Å². The van der Waals surface area contributed by atoms with Gasteiger partial charge in [0.15, 0.2) is 0 Å². The van der Waals surface area contributed by atoms with Gasteiger partial charge in [-0.15, -0.1) is 0 Å². The van der Waals surface area contributed by atoms with Crippen molar-refractivity contribution in [3.8, 4) is 0 Å². The van der Waals surface area contributed by atoms with Gasteiger partial charge in [-0.25, -0.2) is 5.48 Å². The lowest BCUT2D eigenvalue weighted by Gasteiger charge is -2.06. The van der Waals surface area contributed by atoms with Crippen LogP contribution in [0.4, 0.5) is 0 Å². The number of rotatable bonds is 6. The first-order chi connectivity index (χ1) is 5.74. The predicted molar refractivity (Wildman–Crippen MR) is 43.6 cm³/mol. The van der Waals surface area contributed by atoms with Crippen LogP contribution in [0.25, 0.3) is 0 Å². The van der Waals surface area contributed by atoms with Crippen molar-refractivity contribution in [2.45, 2.75) is 32.6 Å². The van der Waals surface area contributed by atoms with Crippen LogP contribution in [0.15, 0.2) is 0 Å². The molecule has 0 radical (unpaired) electrons. The number of hydrogen-bond donors (Lipinski definition) is 2. The topological polar surface area (TPSA) is 66.4 Å². The molecule has 0 bridgehead atoms. The van der Waals surface area contributed by atoms with Crippen LogP contribution in [0.3, 0.4) is 0 Å². The van der Waals surface area contributed by atoms with Crippen LogP contribution in [0.1, 0.15) is 32.6 Å². The molecule has 0 aromatic rings. The molecule has 0 spiro atoms. The summed E-state index contributed by atoms with van der Waals surface area (Å²) >= 11 is 0. The third kappa shape index (κ3) is 4.85. The summed E-state index contributed by atoms with van der Waals surface area (Å²) in [6, 6.07) is 0. The molecule has 1 atom stereocenters. The van der Waals surface area contributed by atoms with Gasteiger partial charge >= 0.3 is 0 Å². The Labute approximate surface area is 71.9 Å². The summed E-state index contributed by atoms with van der Waals surface area (Å²) in [6.07, 6.45) is 3.51. The zero-order chi connectivity index (χ0) is 9.40. The molecule has 0 aliphatic heterocycles. The maximum Gasteiger partial charge on any atom is 0.244 e. The van der Waals surface area contributed by atoms with Crippen molar-refractivity contribution in [1.29, 1.82) is 0 Å². The minimum atomic E-state index is -0.497. The van der Waals surface area contributed by atoms with Crippen LogP contribution in [0.2, 0.25) is 0 Å². The zero-order valence-electron chi connectivity index (χ0n) is 7.25. The molecule has 4 heteroatoms. The summed E-state index contributed by atoms with van der Waals surface area (Å²) < 4.78 is 0. The Morgan fingerprint density at radius 1 is 1.67 bits per heavy atom. The molecule has 0 saturated carbocycles. The van der Waals surface area contributed by atoms with E-state index in [1.807, 2.05) is 6.92 Å². The van der Waals surface area contributed by atoms with Crippen molar-refractivity contribution in [2.24, 2.45) is 5.92 Å². The Hall–Kier alpha value is -0.900. The first-order valence-corrected chi connectivity index (χ1v) is 4.12. The number of carbonyl (C=O) groups is 2. The van der Waals surface area contributed by atoms with Gasteiger partial charge in [-0.1, -0.05) is 19.8 Å². The van der Waals surface area contributed by atoms with Gasteiger partial charge in [0.2, 0.25) is 5.91 Å². The van der Waals surface area contributed by atoms with Crippen molar-refractivity contribution in [2.75, 3.05) is 0 Å². The summed E-state index contributed by atoms with van der Waals surface area (Å²) in [5, 5.41) is 8.19. The second-order valence-electron chi connectivity index (χ2n) is 2.78. The highest BCUT2D eigenvalue weighted by atomic mass is 16.5. The fourth-order valence-corrected chi connectivity index (χ4v) is 0.968. The van der Waals surface area contributed by atoms with E-state index in [4.69, 9.17) is 5.21 Å². The molecule has 0 aliphatic rings. The zero-order valence-corrected chi connectivity index (χ0v) is 7.25. The average molecular weight is 173 g/mol. The van der Waals surface area contributed by atoms with Crippen LogP contribution in [0, 0.1) is 5.92 Å². The third-order valence-electron chi connectivity index (χ3n) is 1.69. The lowest BCUT2D eigenvalue weighted by molar-refractivity contribution is -0.131. The van der Waals surface area contributed by atoms with Gasteiger partial charge < -0.3 is 4.79 Å². The fraction of sp³-hybridized carbons (Fsp3) is 0.750. The molecule has 70 valence electrons. The van der Waals surface area contributed by atoms with Crippen molar-refractivity contribution in [1.82, 2.24) is 5.48 Å². The highest BCUT2D eigenvalue weighted by Crippen LogP contribution is 2.09. The molecule has 2 N–H and O–H groups in total. The van der Waals surface area contributed by atoms with E-state index >= 15 is 0 Å². The third-order valence-corrected chi connectivity index (χ3v) is 1.69.